The van der Waals surface area contributed by atoms with E-state index >= 15 is 0 Å². The van der Waals surface area contributed by atoms with E-state index in [9.17, 15) is 4.79 Å². The zero-order chi connectivity index (χ0) is 16.9. The van der Waals surface area contributed by atoms with Crippen molar-refractivity contribution < 1.29 is 19.0 Å². The molecule has 1 fully saturated rings. The highest BCUT2D eigenvalue weighted by molar-refractivity contribution is 7.10. The first-order chi connectivity index (χ1) is 11.7. The molecule has 6 heteroatoms. The summed E-state index contributed by atoms with van der Waals surface area (Å²) >= 11 is 7.63. The minimum Gasteiger partial charge on any atom is -0.465 e. The Balaban J connectivity index is 1.76. The van der Waals surface area contributed by atoms with Crippen molar-refractivity contribution in [2.45, 2.75) is 12.7 Å². The van der Waals surface area contributed by atoms with Crippen LogP contribution in [-0.2, 0) is 20.6 Å². The van der Waals surface area contributed by atoms with Gasteiger partial charge in [-0.1, -0.05) is 29.8 Å². The first-order valence-corrected chi connectivity index (χ1v) is 8.78. The predicted octanol–water partition coefficient (Wildman–Crippen LogP) is 4.49. The molecule has 1 saturated heterocycles. The maximum absolute atomic E-state index is 11.9. The molecule has 0 bridgehead atoms. The summed E-state index contributed by atoms with van der Waals surface area (Å²) in [6.07, 6.45) is 4.39. The van der Waals surface area contributed by atoms with Crippen LogP contribution >= 0.6 is 22.9 Å². The Hall–Kier alpha value is -1.66. The smallest absolute Gasteiger partial charge is 0.338 e. The van der Waals surface area contributed by atoms with E-state index in [2.05, 4.69) is 0 Å². The molecule has 0 amide bonds. The average Bonchev–Trinajstić information content (AvgIpc) is 3.26. The number of benzene rings is 1. The van der Waals surface area contributed by atoms with Crippen molar-refractivity contribution in [2.24, 2.45) is 0 Å². The topological polar surface area (TPSA) is 44.8 Å². The average molecular weight is 365 g/mol. The summed E-state index contributed by atoms with van der Waals surface area (Å²) in [6, 6.07) is 7.21. The third kappa shape index (κ3) is 3.87. The number of ether oxygens (including phenoxy) is 3. The van der Waals surface area contributed by atoms with Crippen LogP contribution in [0.3, 0.4) is 0 Å². The Kier molecular flexibility index (Phi) is 5.68. The van der Waals surface area contributed by atoms with Crippen LogP contribution in [0.4, 0.5) is 0 Å². The van der Waals surface area contributed by atoms with E-state index in [1.807, 2.05) is 29.7 Å². The number of rotatable bonds is 5. The van der Waals surface area contributed by atoms with Crippen molar-refractivity contribution in [2.75, 3.05) is 20.3 Å². The second-order valence-electron chi connectivity index (χ2n) is 5.20. The Morgan fingerprint density at radius 3 is 2.92 bits per heavy atom. The molecule has 0 saturated carbocycles. The summed E-state index contributed by atoms with van der Waals surface area (Å²) in [5.74, 6) is -0.401. The van der Waals surface area contributed by atoms with Crippen LogP contribution in [-0.4, -0.2) is 26.3 Å². The van der Waals surface area contributed by atoms with Crippen molar-refractivity contribution in [3.05, 3.63) is 62.3 Å². The van der Waals surface area contributed by atoms with Crippen LogP contribution in [0.15, 0.2) is 35.7 Å². The molecule has 1 aliphatic heterocycles. The van der Waals surface area contributed by atoms with Gasteiger partial charge in [-0.05, 0) is 29.1 Å². The molecular formula is C18H17ClO4S. The molecule has 0 unspecified atom stereocenters. The number of hydrogen-bond acceptors (Lipinski definition) is 5. The first kappa shape index (κ1) is 17.2. The second-order valence-corrected chi connectivity index (χ2v) is 6.64. The lowest BCUT2D eigenvalue weighted by Gasteiger charge is -2.09. The van der Waals surface area contributed by atoms with E-state index in [4.69, 9.17) is 25.8 Å². The Bertz CT molecular complexity index is 747. The summed E-state index contributed by atoms with van der Waals surface area (Å²) in [5, 5.41) is 2.54. The first-order valence-electron chi connectivity index (χ1n) is 7.53. The summed E-state index contributed by atoms with van der Waals surface area (Å²) < 4.78 is 15.9. The fourth-order valence-corrected chi connectivity index (χ4v) is 3.56. The highest BCUT2D eigenvalue weighted by Gasteiger charge is 2.21. The summed E-state index contributed by atoms with van der Waals surface area (Å²) in [4.78, 5) is 13.0. The van der Waals surface area contributed by atoms with Crippen molar-refractivity contribution >= 4 is 35.0 Å². The Morgan fingerprint density at radius 1 is 1.38 bits per heavy atom. The van der Waals surface area contributed by atoms with Gasteiger partial charge in [0, 0.05) is 21.9 Å². The van der Waals surface area contributed by atoms with Gasteiger partial charge in [0.05, 0.1) is 25.9 Å². The largest absolute Gasteiger partial charge is 0.465 e. The third-order valence-electron chi connectivity index (χ3n) is 3.68. The van der Waals surface area contributed by atoms with Gasteiger partial charge in [0.1, 0.15) is 0 Å². The van der Waals surface area contributed by atoms with E-state index < -0.39 is 5.97 Å². The van der Waals surface area contributed by atoms with E-state index in [-0.39, 0.29) is 6.29 Å². The van der Waals surface area contributed by atoms with Crippen LogP contribution in [0.1, 0.15) is 32.7 Å². The van der Waals surface area contributed by atoms with Gasteiger partial charge in [-0.25, -0.2) is 4.79 Å². The number of halogens is 1. The molecule has 0 radical (unpaired) electrons. The van der Waals surface area contributed by atoms with E-state index in [0.717, 1.165) is 17.5 Å². The lowest BCUT2D eigenvalue weighted by molar-refractivity contribution is -0.0442. The normalized spacial score (nSPS) is 15.2. The standard InChI is InChI=1S/C18H17ClO4S/c1-21-17(20)15-11-13(19)6-5-12(15)3-2-4-16-14(7-10-24-16)18-22-8-9-23-18/h2-3,5-7,10-11,18H,4,8-9H2,1H3/b3-2-. The maximum atomic E-state index is 11.9. The molecule has 2 aromatic rings. The highest BCUT2D eigenvalue weighted by atomic mass is 35.5. The minimum atomic E-state index is -0.401. The monoisotopic (exact) mass is 364 g/mol. The van der Waals surface area contributed by atoms with Crippen LogP contribution < -0.4 is 0 Å². The van der Waals surface area contributed by atoms with Crippen LogP contribution in [0.2, 0.25) is 5.02 Å². The molecular weight excluding hydrogens is 348 g/mol. The van der Waals surface area contributed by atoms with Gasteiger partial charge in [0.15, 0.2) is 6.29 Å². The van der Waals surface area contributed by atoms with E-state index in [1.54, 1.807) is 23.5 Å². The maximum Gasteiger partial charge on any atom is 0.338 e. The zero-order valence-corrected chi connectivity index (χ0v) is 14.7. The number of carbonyl (C=O) groups excluding carboxylic acids is 1. The van der Waals surface area contributed by atoms with Gasteiger partial charge in [0.25, 0.3) is 0 Å². The molecule has 126 valence electrons. The SMILES string of the molecule is COC(=O)c1cc(Cl)ccc1/C=C\Cc1sccc1C1OCCO1. The third-order valence-corrected chi connectivity index (χ3v) is 4.87. The minimum absolute atomic E-state index is 0.263. The fourth-order valence-electron chi connectivity index (χ4n) is 2.52. The molecule has 0 spiro atoms. The number of thiophene rings is 1. The van der Waals surface area contributed by atoms with Crippen LogP contribution in [0, 0.1) is 0 Å². The van der Waals surface area contributed by atoms with Gasteiger partial charge in [-0.15, -0.1) is 11.3 Å². The molecule has 0 atom stereocenters. The van der Waals surface area contributed by atoms with Gasteiger partial charge in [-0.3, -0.25) is 0 Å². The van der Waals surface area contributed by atoms with Crippen molar-refractivity contribution in [1.82, 2.24) is 0 Å². The summed E-state index contributed by atoms with van der Waals surface area (Å²) in [6.45, 7) is 1.26. The highest BCUT2D eigenvalue weighted by Crippen LogP contribution is 2.30. The lowest BCUT2D eigenvalue weighted by Crippen LogP contribution is -2.03. The Morgan fingerprint density at radius 2 is 2.17 bits per heavy atom. The van der Waals surface area contributed by atoms with Gasteiger partial charge in [0.2, 0.25) is 0 Å². The molecule has 4 nitrogen and oxygen atoms in total. The van der Waals surface area contributed by atoms with Crippen molar-refractivity contribution in [3.63, 3.8) is 0 Å². The van der Waals surface area contributed by atoms with Crippen LogP contribution in [0.5, 0.6) is 0 Å². The number of esters is 1. The number of hydrogen-bond donors (Lipinski definition) is 0. The van der Waals surface area contributed by atoms with Gasteiger partial charge >= 0.3 is 5.97 Å². The summed E-state index contributed by atoms with van der Waals surface area (Å²) in [7, 11) is 1.36. The number of carbonyl (C=O) groups is 1. The molecule has 2 heterocycles. The van der Waals surface area contributed by atoms with E-state index in [0.29, 0.717) is 23.8 Å². The number of methoxy groups -OCH3 is 1. The van der Waals surface area contributed by atoms with Gasteiger partial charge < -0.3 is 14.2 Å². The fraction of sp³-hybridized carbons (Fsp3) is 0.278. The van der Waals surface area contributed by atoms with Crippen molar-refractivity contribution in [1.29, 1.82) is 0 Å². The molecule has 3 rings (SSSR count). The van der Waals surface area contributed by atoms with Gasteiger partial charge in [-0.2, -0.15) is 0 Å². The lowest BCUT2D eigenvalue weighted by atomic mass is 10.1. The Labute approximate surface area is 149 Å². The van der Waals surface area contributed by atoms with Crippen LogP contribution in [0.25, 0.3) is 6.08 Å². The second kappa shape index (κ2) is 7.94. The number of allylic oxidation sites excluding steroid dienone is 1. The quantitative estimate of drug-likeness (QED) is 0.733. The molecule has 1 aliphatic rings. The molecule has 1 aromatic carbocycles. The van der Waals surface area contributed by atoms with Crippen molar-refractivity contribution in [3.8, 4) is 0 Å². The summed E-state index contributed by atoms with van der Waals surface area (Å²) in [5.41, 5.74) is 2.30. The molecule has 0 aliphatic carbocycles. The molecule has 24 heavy (non-hydrogen) atoms. The van der Waals surface area contributed by atoms with E-state index in [1.165, 1.54) is 12.0 Å². The molecule has 1 aromatic heterocycles. The predicted molar refractivity (Wildman–Crippen MR) is 94.5 cm³/mol. The zero-order valence-electron chi connectivity index (χ0n) is 13.2. The molecule has 0 N–H and O–H groups in total.